The molecule has 1 aromatic carbocycles. The van der Waals surface area contributed by atoms with E-state index in [9.17, 15) is 8.78 Å². The summed E-state index contributed by atoms with van der Waals surface area (Å²) >= 11 is 6.31. The van der Waals surface area contributed by atoms with Crippen molar-refractivity contribution in [2.75, 3.05) is 32.0 Å². The lowest BCUT2D eigenvalue weighted by Gasteiger charge is -2.40. The Balaban J connectivity index is 1.85. The molecule has 1 saturated heterocycles. The maximum absolute atomic E-state index is 15.2. The highest BCUT2D eigenvalue weighted by Gasteiger charge is 2.36. The topological polar surface area (TPSA) is 82.1 Å². The van der Waals surface area contributed by atoms with Gasteiger partial charge in [0.2, 0.25) is 0 Å². The third-order valence-corrected chi connectivity index (χ3v) is 6.27. The number of ether oxygens (including phenoxy) is 1. The molecule has 7 nitrogen and oxygen atoms in total. The molecule has 1 aliphatic heterocycles. The fourth-order valence-electron chi connectivity index (χ4n) is 4.46. The van der Waals surface area contributed by atoms with Gasteiger partial charge in [-0.25, -0.2) is 27.8 Å². The quantitative estimate of drug-likeness (QED) is 0.489. The Morgan fingerprint density at radius 3 is 2.64 bits per heavy atom. The van der Waals surface area contributed by atoms with Crippen molar-refractivity contribution < 1.29 is 17.9 Å². The number of rotatable bonds is 8. The molecule has 1 aliphatic rings. The molecule has 178 valence electrons. The van der Waals surface area contributed by atoms with Crippen molar-refractivity contribution in [2.24, 2.45) is 0 Å². The largest absolute Gasteiger partial charge is 0.493 e. The van der Waals surface area contributed by atoms with Crippen LogP contribution in [0, 0.1) is 5.82 Å². The van der Waals surface area contributed by atoms with Crippen LogP contribution in [0.1, 0.15) is 62.4 Å². The Labute approximate surface area is 194 Å². The third kappa shape index (κ3) is 4.10. The van der Waals surface area contributed by atoms with E-state index in [1.807, 2.05) is 0 Å². The Morgan fingerprint density at radius 1 is 1.27 bits per heavy atom. The van der Waals surface area contributed by atoms with Crippen LogP contribution in [0.4, 0.5) is 19.0 Å². The molecular formula is C22H26ClF3N6O. The number of alkyl halides is 2. The number of anilines is 1. The highest BCUT2D eigenvalue weighted by molar-refractivity contribution is 6.31. The number of likely N-dealkylation sites (tertiary alicyclic amines) is 1. The van der Waals surface area contributed by atoms with Crippen molar-refractivity contribution in [1.82, 2.24) is 24.6 Å². The summed E-state index contributed by atoms with van der Waals surface area (Å²) in [6.07, 6.45) is -0.663. The van der Waals surface area contributed by atoms with Gasteiger partial charge in [-0.3, -0.25) is 0 Å². The molecule has 2 aromatic heterocycles. The van der Waals surface area contributed by atoms with E-state index in [4.69, 9.17) is 22.1 Å². The smallest absolute Gasteiger partial charge is 0.282 e. The van der Waals surface area contributed by atoms with E-state index in [1.54, 1.807) is 13.8 Å². The third-order valence-electron chi connectivity index (χ3n) is 6.00. The number of nitrogens with two attached hydrogens (primary N) is 1. The summed E-state index contributed by atoms with van der Waals surface area (Å²) in [5.74, 6) is -0.298. The average Bonchev–Trinajstić information content (AvgIpc) is 3.15. The van der Waals surface area contributed by atoms with Crippen LogP contribution in [-0.2, 0) is 0 Å². The summed E-state index contributed by atoms with van der Waals surface area (Å²) in [7, 11) is 0. The van der Waals surface area contributed by atoms with Crippen LogP contribution in [0.25, 0.3) is 11.0 Å². The van der Waals surface area contributed by atoms with Gasteiger partial charge in [-0.15, -0.1) is 0 Å². The first kappa shape index (κ1) is 23.6. The summed E-state index contributed by atoms with van der Waals surface area (Å²) in [5, 5.41) is 4.06. The van der Waals surface area contributed by atoms with Gasteiger partial charge < -0.3 is 15.4 Å². The van der Waals surface area contributed by atoms with E-state index in [-0.39, 0.29) is 27.8 Å². The van der Waals surface area contributed by atoms with Gasteiger partial charge in [-0.2, -0.15) is 5.10 Å². The average molecular weight is 483 g/mol. The minimum absolute atomic E-state index is 0.0000534. The molecule has 2 N–H and O–H groups in total. The number of hydrogen-bond acceptors (Lipinski definition) is 6. The van der Waals surface area contributed by atoms with E-state index >= 15 is 4.39 Å². The number of fused-ring (bicyclic) bond motifs is 1. The van der Waals surface area contributed by atoms with Gasteiger partial charge >= 0.3 is 0 Å². The molecule has 3 heterocycles. The Kier molecular flexibility index (Phi) is 6.67. The molecule has 0 amide bonds. The second-order valence-corrected chi connectivity index (χ2v) is 8.57. The number of aromatic nitrogens is 4. The van der Waals surface area contributed by atoms with Crippen molar-refractivity contribution >= 4 is 28.5 Å². The maximum atomic E-state index is 15.2. The highest BCUT2D eigenvalue weighted by atomic mass is 35.5. The van der Waals surface area contributed by atoms with Gasteiger partial charge in [-0.1, -0.05) is 18.5 Å². The first-order valence-corrected chi connectivity index (χ1v) is 11.3. The normalized spacial score (nSPS) is 15.9. The minimum atomic E-state index is -2.87. The van der Waals surface area contributed by atoms with Gasteiger partial charge in [-0.05, 0) is 32.9 Å². The number of nitrogens with zero attached hydrogens (tertiary/aromatic N) is 5. The second-order valence-electron chi connectivity index (χ2n) is 8.16. The second kappa shape index (κ2) is 9.34. The lowest BCUT2D eigenvalue weighted by atomic mass is 9.87. The molecule has 0 aliphatic carbocycles. The molecule has 1 unspecified atom stereocenters. The molecule has 0 radical (unpaired) electrons. The van der Waals surface area contributed by atoms with E-state index in [2.05, 4.69) is 26.9 Å². The van der Waals surface area contributed by atoms with Gasteiger partial charge in [0.15, 0.2) is 5.65 Å². The van der Waals surface area contributed by atoms with Crippen LogP contribution < -0.4 is 10.5 Å². The lowest BCUT2D eigenvalue weighted by molar-refractivity contribution is 0.143. The van der Waals surface area contributed by atoms with E-state index in [1.165, 1.54) is 17.1 Å². The van der Waals surface area contributed by atoms with Crippen molar-refractivity contribution in [1.29, 1.82) is 0 Å². The monoisotopic (exact) mass is 482 g/mol. The van der Waals surface area contributed by atoms with Gasteiger partial charge in [0.25, 0.3) is 6.43 Å². The van der Waals surface area contributed by atoms with Crippen LogP contribution in [0.15, 0.2) is 12.4 Å². The standard InChI is InChI=1S/C22H26ClF3N6O/c1-4-6-31-8-12(9-31)15-17(24)14(23)7-13(19(15)33-5-2)11(3)32-22-16(18(30-32)20(25)26)21(27)28-10-29-22/h7,10-12,20H,4-6,8-9H2,1-3H3,(H2,27,28,29). The molecule has 4 rings (SSSR count). The summed E-state index contributed by atoms with van der Waals surface area (Å²) in [5.41, 5.74) is 6.47. The van der Waals surface area contributed by atoms with Gasteiger partial charge in [0.05, 0.1) is 23.1 Å². The minimum Gasteiger partial charge on any atom is -0.493 e. The van der Waals surface area contributed by atoms with Gasteiger partial charge in [0.1, 0.15) is 29.4 Å². The van der Waals surface area contributed by atoms with Crippen molar-refractivity contribution in [3.05, 3.63) is 40.1 Å². The molecule has 0 saturated carbocycles. The van der Waals surface area contributed by atoms with E-state index in [0.29, 0.717) is 36.6 Å². The molecule has 1 atom stereocenters. The zero-order chi connectivity index (χ0) is 23.9. The number of hydrogen-bond donors (Lipinski definition) is 1. The molecule has 0 bridgehead atoms. The van der Waals surface area contributed by atoms with Crippen LogP contribution in [-0.4, -0.2) is 50.9 Å². The Hall–Kier alpha value is -2.59. The van der Waals surface area contributed by atoms with Crippen molar-refractivity contribution in [2.45, 2.75) is 45.6 Å². The van der Waals surface area contributed by atoms with E-state index in [0.717, 1.165) is 13.0 Å². The molecule has 3 aromatic rings. The van der Waals surface area contributed by atoms with Crippen molar-refractivity contribution in [3.8, 4) is 5.75 Å². The fraction of sp³-hybridized carbons (Fsp3) is 0.500. The molecular weight excluding hydrogens is 457 g/mol. The zero-order valence-corrected chi connectivity index (χ0v) is 19.4. The first-order valence-electron chi connectivity index (χ1n) is 10.9. The molecule has 1 fully saturated rings. The highest BCUT2D eigenvalue weighted by Crippen LogP contribution is 2.44. The summed E-state index contributed by atoms with van der Waals surface area (Å²) in [6.45, 7) is 8.28. The number of benzene rings is 1. The summed E-state index contributed by atoms with van der Waals surface area (Å²) in [6, 6.07) is 0.832. The molecule has 11 heteroatoms. The van der Waals surface area contributed by atoms with Crippen LogP contribution in [0.3, 0.4) is 0 Å². The number of nitrogen functional groups attached to an aromatic ring is 1. The van der Waals surface area contributed by atoms with E-state index < -0.39 is 24.0 Å². The number of halogens is 4. The van der Waals surface area contributed by atoms with Crippen LogP contribution in [0.2, 0.25) is 5.02 Å². The predicted octanol–water partition coefficient (Wildman–Crippen LogP) is 4.96. The lowest BCUT2D eigenvalue weighted by Crippen LogP contribution is -2.45. The molecule has 33 heavy (non-hydrogen) atoms. The van der Waals surface area contributed by atoms with Crippen LogP contribution in [0.5, 0.6) is 5.75 Å². The van der Waals surface area contributed by atoms with Gasteiger partial charge in [0, 0.05) is 30.1 Å². The maximum Gasteiger partial charge on any atom is 0.282 e. The summed E-state index contributed by atoms with van der Waals surface area (Å²) < 4.78 is 49.9. The fourth-order valence-corrected chi connectivity index (χ4v) is 4.68. The SMILES string of the molecule is CCCN1CC(c2c(F)c(Cl)cc(C(C)n3nc(C(F)F)c4c(N)ncnc43)c2OCC)C1. The van der Waals surface area contributed by atoms with Crippen molar-refractivity contribution in [3.63, 3.8) is 0 Å². The zero-order valence-electron chi connectivity index (χ0n) is 18.7. The van der Waals surface area contributed by atoms with Crippen LogP contribution >= 0.6 is 11.6 Å². The first-order chi connectivity index (χ1) is 15.8. The summed E-state index contributed by atoms with van der Waals surface area (Å²) in [4.78, 5) is 10.2. The Bertz CT molecular complexity index is 1160. The predicted molar refractivity (Wildman–Crippen MR) is 121 cm³/mol. The Morgan fingerprint density at radius 2 is 2.00 bits per heavy atom. The molecule has 0 spiro atoms.